The lowest BCUT2D eigenvalue weighted by atomic mass is 10.1. The first-order chi connectivity index (χ1) is 7.34. The maximum absolute atomic E-state index is 3.25. The maximum atomic E-state index is 3.25. The van der Waals surface area contributed by atoms with Crippen LogP contribution in [0, 0.1) is 15.4 Å². The Morgan fingerprint density at radius 2 is 1.93 bits per heavy atom. The standard InChI is InChI=1S/C14H17I/c1-2-3-4-5-6-7-10-13-11-8-9-12-14(13)15/h8-9,11-12H,2-5,10H2,1H3. The van der Waals surface area contributed by atoms with Gasteiger partial charge in [0.15, 0.2) is 0 Å². The molecule has 1 rings (SSSR count). The fourth-order valence-corrected chi connectivity index (χ4v) is 1.93. The van der Waals surface area contributed by atoms with Crippen LogP contribution >= 0.6 is 22.6 Å². The van der Waals surface area contributed by atoms with Crippen LogP contribution in [-0.2, 0) is 6.42 Å². The van der Waals surface area contributed by atoms with Gasteiger partial charge >= 0.3 is 0 Å². The van der Waals surface area contributed by atoms with Crippen molar-refractivity contribution in [2.45, 2.75) is 39.0 Å². The Hall–Kier alpha value is -0.490. The largest absolute Gasteiger partial charge is 0.103 e. The Balaban J connectivity index is 2.33. The Labute approximate surface area is 107 Å². The molecule has 0 aliphatic carbocycles. The molecule has 0 aromatic heterocycles. The monoisotopic (exact) mass is 312 g/mol. The molecular formula is C14H17I. The van der Waals surface area contributed by atoms with Gasteiger partial charge in [0.2, 0.25) is 0 Å². The molecule has 80 valence electrons. The van der Waals surface area contributed by atoms with Gasteiger partial charge < -0.3 is 0 Å². The van der Waals surface area contributed by atoms with Gasteiger partial charge in [-0.1, -0.05) is 43.9 Å². The van der Waals surface area contributed by atoms with E-state index >= 15 is 0 Å². The Kier molecular flexibility index (Phi) is 6.50. The van der Waals surface area contributed by atoms with Crippen LogP contribution in [0.4, 0.5) is 0 Å². The highest BCUT2D eigenvalue weighted by Gasteiger charge is 1.93. The van der Waals surface area contributed by atoms with Crippen molar-refractivity contribution < 1.29 is 0 Å². The van der Waals surface area contributed by atoms with Crippen LogP contribution in [0.1, 0.15) is 38.2 Å². The molecule has 0 bridgehead atoms. The van der Waals surface area contributed by atoms with Gasteiger partial charge in [-0.3, -0.25) is 0 Å². The Bertz CT molecular complexity index is 344. The molecule has 0 amide bonds. The van der Waals surface area contributed by atoms with Crippen LogP contribution in [0.3, 0.4) is 0 Å². The molecule has 0 N–H and O–H groups in total. The summed E-state index contributed by atoms with van der Waals surface area (Å²) in [5, 5.41) is 0. The van der Waals surface area contributed by atoms with Gasteiger partial charge in [0.05, 0.1) is 0 Å². The maximum Gasteiger partial charge on any atom is 0.0350 e. The second-order valence-electron chi connectivity index (χ2n) is 3.58. The van der Waals surface area contributed by atoms with Gasteiger partial charge in [-0.05, 0) is 40.6 Å². The molecular weight excluding hydrogens is 295 g/mol. The summed E-state index contributed by atoms with van der Waals surface area (Å²) in [6.07, 6.45) is 5.77. The highest BCUT2D eigenvalue weighted by molar-refractivity contribution is 14.1. The minimum atomic E-state index is 0.894. The number of hydrogen-bond donors (Lipinski definition) is 0. The Morgan fingerprint density at radius 1 is 1.13 bits per heavy atom. The van der Waals surface area contributed by atoms with Crippen LogP contribution in [0.2, 0.25) is 0 Å². The van der Waals surface area contributed by atoms with E-state index in [4.69, 9.17) is 0 Å². The molecule has 1 heteroatoms. The van der Waals surface area contributed by atoms with Crippen LogP contribution in [-0.4, -0.2) is 0 Å². The number of halogens is 1. The van der Waals surface area contributed by atoms with Crippen molar-refractivity contribution in [3.05, 3.63) is 33.4 Å². The summed E-state index contributed by atoms with van der Waals surface area (Å²) >= 11 is 2.37. The zero-order valence-corrected chi connectivity index (χ0v) is 11.4. The molecule has 0 fully saturated rings. The summed E-state index contributed by atoms with van der Waals surface area (Å²) in [6, 6.07) is 8.44. The number of hydrogen-bond acceptors (Lipinski definition) is 0. The van der Waals surface area contributed by atoms with E-state index in [9.17, 15) is 0 Å². The summed E-state index contributed by atoms with van der Waals surface area (Å²) in [4.78, 5) is 0. The fourth-order valence-electron chi connectivity index (χ4n) is 1.35. The first-order valence-electron chi connectivity index (χ1n) is 5.53. The minimum Gasteiger partial charge on any atom is -0.103 e. The lowest BCUT2D eigenvalue weighted by molar-refractivity contribution is 0.737. The molecule has 0 nitrogen and oxygen atoms in total. The third-order valence-corrected chi connectivity index (χ3v) is 3.32. The zero-order valence-electron chi connectivity index (χ0n) is 9.22. The SMILES string of the molecule is CCCCCC#CCc1ccccc1I. The van der Waals surface area contributed by atoms with Gasteiger partial charge in [0.1, 0.15) is 0 Å². The molecule has 1 aromatic carbocycles. The molecule has 0 radical (unpaired) electrons. The molecule has 0 atom stereocenters. The van der Waals surface area contributed by atoms with Crippen molar-refractivity contribution in [1.29, 1.82) is 0 Å². The summed E-state index contributed by atoms with van der Waals surface area (Å²) in [5.41, 5.74) is 1.35. The van der Waals surface area contributed by atoms with E-state index in [-0.39, 0.29) is 0 Å². The summed E-state index contributed by atoms with van der Waals surface area (Å²) in [5.74, 6) is 6.49. The predicted octanol–water partition coefficient (Wildman–Crippen LogP) is 4.42. The van der Waals surface area contributed by atoms with Crippen LogP contribution < -0.4 is 0 Å². The van der Waals surface area contributed by atoms with Crippen molar-refractivity contribution in [2.75, 3.05) is 0 Å². The fraction of sp³-hybridized carbons (Fsp3) is 0.429. The van der Waals surface area contributed by atoms with Gasteiger partial charge in [-0.2, -0.15) is 0 Å². The van der Waals surface area contributed by atoms with E-state index in [2.05, 4.69) is 65.6 Å². The quantitative estimate of drug-likeness (QED) is 0.439. The molecule has 1 aromatic rings. The zero-order chi connectivity index (χ0) is 10.9. The Morgan fingerprint density at radius 3 is 2.67 bits per heavy atom. The van der Waals surface area contributed by atoms with Crippen molar-refractivity contribution >= 4 is 22.6 Å². The van der Waals surface area contributed by atoms with Crippen molar-refractivity contribution in [3.63, 3.8) is 0 Å². The third kappa shape index (κ3) is 5.22. The van der Waals surface area contributed by atoms with Gasteiger partial charge in [0, 0.05) is 16.4 Å². The van der Waals surface area contributed by atoms with E-state index in [1.54, 1.807) is 0 Å². The van der Waals surface area contributed by atoms with E-state index < -0.39 is 0 Å². The van der Waals surface area contributed by atoms with Gasteiger partial charge in [-0.25, -0.2) is 0 Å². The summed E-state index contributed by atoms with van der Waals surface area (Å²) in [7, 11) is 0. The number of rotatable bonds is 4. The first kappa shape index (κ1) is 12.6. The molecule has 0 saturated carbocycles. The molecule has 15 heavy (non-hydrogen) atoms. The molecule has 0 spiro atoms. The van der Waals surface area contributed by atoms with Crippen LogP contribution in [0.15, 0.2) is 24.3 Å². The minimum absolute atomic E-state index is 0.894. The molecule has 0 aliphatic rings. The molecule has 0 heterocycles. The van der Waals surface area contributed by atoms with Gasteiger partial charge in [0.25, 0.3) is 0 Å². The summed E-state index contributed by atoms with van der Waals surface area (Å²) in [6.45, 7) is 2.22. The van der Waals surface area contributed by atoms with Crippen LogP contribution in [0.25, 0.3) is 0 Å². The number of benzene rings is 1. The van der Waals surface area contributed by atoms with E-state index in [1.807, 2.05) is 0 Å². The summed E-state index contributed by atoms with van der Waals surface area (Å²) < 4.78 is 1.32. The highest BCUT2D eigenvalue weighted by atomic mass is 127. The van der Waals surface area contributed by atoms with E-state index in [0.29, 0.717) is 0 Å². The highest BCUT2D eigenvalue weighted by Crippen LogP contribution is 2.11. The van der Waals surface area contributed by atoms with E-state index in [1.165, 1.54) is 28.4 Å². The van der Waals surface area contributed by atoms with Crippen LogP contribution in [0.5, 0.6) is 0 Å². The average molecular weight is 312 g/mol. The first-order valence-corrected chi connectivity index (χ1v) is 6.61. The second kappa shape index (κ2) is 7.76. The van der Waals surface area contributed by atoms with Gasteiger partial charge in [-0.15, -0.1) is 5.92 Å². The third-order valence-electron chi connectivity index (χ3n) is 2.27. The van der Waals surface area contributed by atoms with Crippen molar-refractivity contribution in [2.24, 2.45) is 0 Å². The topological polar surface area (TPSA) is 0 Å². The predicted molar refractivity (Wildman–Crippen MR) is 74.8 cm³/mol. The second-order valence-corrected chi connectivity index (χ2v) is 4.74. The van der Waals surface area contributed by atoms with Crippen molar-refractivity contribution in [1.82, 2.24) is 0 Å². The molecule has 0 unspecified atom stereocenters. The lowest BCUT2D eigenvalue weighted by Crippen LogP contribution is -1.85. The molecule has 0 aliphatic heterocycles. The normalized spacial score (nSPS) is 9.47. The van der Waals surface area contributed by atoms with E-state index in [0.717, 1.165) is 12.8 Å². The van der Waals surface area contributed by atoms with Crippen molar-refractivity contribution in [3.8, 4) is 11.8 Å². The number of unbranched alkanes of at least 4 members (excludes halogenated alkanes) is 3. The lowest BCUT2D eigenvalue weighted by Gasteiger charge is -1.97. The average Bonchev–Trinajstić information content (AvgIpc) is 2.25. The smallest absolute Gasteiger partial charge is 0.0350 e. The molecule has 0 saturated heterocycles.